The van der Waals surface area contributed by atoms with Crippen molar-refractivity contribution >= 4 is 49.9 Å². The molecule has 0 saturated carbocycles. The molecule has 2 N–H and O–H groups in total. The van der Waals surface area contributed by atoms with Crippen LogP contribution in [0.4, 0.5) is 11.5 Å². The summed E-state index contributed by atoms with van der Waals surface area (Å²) < 4.78 is 11.9. The third-order valence-electron chi connectivity index (χ3n) is 6.89. The Morgan fingerprint density at radius 1 is 1.23 bits per heavy atom. The highest BCUT2D eigenvalue weighted by Gasteiger charge is 2.30. The standard InChI is InChI=1S/C25H28N6O3S/c1-31(2)25(32)14-3-4-17-21(10-14)35-24-22(17)23(26-13-27-24)29-19-9-15-12-28-30-18(15)11-20(19)34-16-5-7-33-8-6-16/h9,11-14,16H,3-8,10H2,1-2H3,(H,28,30)(H,26,27,29). The maximum Gasteiger partial charge on any atom is 0.225 e. The fourth-order valence-electron chi connectivity index (χ4n) is 5.05. The molecule has 9 nitrogen and oxygen atoms in total. The lowest BCUT2D eigenvalue weighted by Crippen LogP contribution is -2.32. The number of amides is 1. The summed E-state index contributed by atoms with van der Waals surface area (Å²) in [5.74, 6) is 1.75. The minimum atomic E-state index is 0.0258. The van der Waals surface area contributed by atoms with Gasteiger partial charge in [0.1, 0.15) is 28.8 Å². The molecular weight excluding hydrogens is 464 g/mol. The van der Waals surface area contributed by atoms with Crippen LogP contribution in [0.1, 0.15) is 29.7 Å². The van der Waals surface area contributed by atoms with Gasteiger partial charge in [-0.1, -0.05) is 0 Å². The zero-order valence-electron chi connectivity index (χ0n) is 19.8. The fraction of sp³-hybridized carbons (Fsp3) is 0.440. The number of benzene rings is 1. The van der Waals surface area contributed by atoms with Crippen LogP contribution in [0, 0.1) is 5.92 Å². The number of aromatic nitrogens is 4. The third kappa shape index (κ3) is 4.21. The SMILES string of the molecule is CN(C)C(=O)C1CCc2c(sc3ncnc(Nc4cc5cn[nH]c5cc4OC4CCOCC4)c23)C1. The van der Waals surface area contributed by atoms with Crippen molar-refractivity contribution in [2.24, 2.45) is 5.92 Å². The van der Waals surface area contributed by atoms with Gasteiger partial charge in [0.25, 0.3) is 0 Å². The van der Waals surface area contributed by atoms with Crippen molar-refractivity contribution in [3.8, 4) is 5.75 Å². The first-order valence-electron chi connectivity index (χ1n) is 12.0. The molecule has 6 rings (SSSR count). The van der Waals surface area contributed by atoms with Crippen LogP contribution in [-0.2, 0) is 22.4 Å². The molecule has 4 aromatic rings. The summed E-state index contributed by atoms with van der Waals surface area (Å²) in [5.41, 5.74) is 3.03. The van der Waals surface area contributed by atoms with Crippen molar-refractivity contribution < 1.29 is 14.3 Å². The van der Waals surface area contributed by atoms with Gasteiger partial charge in [-0.25, -0.2) is 9.97 Å². The van der Waals surface area contributed by atoms with Gasteiger partial charge in [0.2, 0.25) is 5.91 Å². The van der Waals surface area contributed by atoms with Crippen LogP contribution in [0.5, 0.6) is 5.75 Å². The van der Waals surface area contributed by atoms with Crippen LogP contribution in [0.3, 0.4) is 0 Å². The number of aromatic amines is 1. The molecule has 0 radical (unpaired) electrons. The van der Waals surface area contributed by atoms with Crippen molar-refractivity contribution in [3.63, 3.8) is 0 Å². The summed E-state index contributed by atoms with van der Waals surface area (Å²) in [6.07, 6.45) is 7.68. The van der Waals surface area contributed by atoms with Crippen LogP contribution < -0.4 is 10.1 Å². The Bertz CT molecular complexity index is 1390. The van der Waals surface area contributed by atoms with E-state index in [9.17, 15) is 4.79 Å². The van der Waals surface area contributed by atoms with E-state index < -0.39 is 0 Å². The lowest BCUT2D eigenvalue weighted by atomic mass is 9.87. The van der Waals surface area contributed by atoms with Gasteiger partial charge in [-0.3, -0.25) is 9.89 Å². The molecule has 1 saturated heterocycles. The lowest BCUT2D eigenvalue weighted by molar-refractivity contribution is -0.133. The number of fused-ring (bicyclic) bond motifs is 4. The molecule has 1 atom stereocenters. The number of hydrogen-bond donors (Lipinski definition) is 2. The quantitative estimate of drug-likeness (QED) is 0.433. The Labute approximate surface area is 206 Å². The molecule has 1 fully saturated rings. The van der Waals surface area contributed by atoms with Crippen LogP contribution in [0.25, 0.3) is 21.1 Å². The summed E-state index contributed by atoms with van der Waals surface area (Å²) in [7, 11) is 3.65. The number of H-pyrrole nitrogens is 1. The predicted molar refractivity (Wildman–Crippen MR) is 135 cm³/mol. The van der Waals surface area contributed by atoms with Crippen molar-refractivity contribution in [2.45, 2.75) is 38.2 Å². The molecule has 0 spiro atoms. The zero-order valence-corrected chi connectivity index (χ0v) is 20.7. The molecule has 1 aliphatic heterocycles. The van der Waals surface area contributed by atoms with Gasteiger partial charge in [-0.05, 0) is 30.9 Å². The highest BCUT2D eigenvalue weighted by molar-refractivity contribution is 7.19. The average molecular weight is 493 g/mol. The van der Waals surface area contributed by atoms with Gasteiger partial charge < -0.3 is 19.7 Å². The molecule has 1 unspecified atom stereocenters. The monoisotopic (exact) mass is 492 g/mol. The smallest absolute Gasteiger partial charge is 0.225 e. The summed E-state index contributed by atoms with van der Waals surface area (Å²) in [5, 5.41) is 12.8. The molecule has 1 amide bonds. The molecule has 2 aliphatic rings. The van der Waals surface area contributed by atoms with E-state index in [1.165, 1.54) is 10.4 Å². The third-order valence-corrected chi connectivity index (χ3v) is 8.05. The molecule has 182 valence electrons. The fourth-order valence-corrected chi connectivity index (χ4v) is 6.32. The Hall–Kier alpha value is -3.24. The Kier molecular flexibility index (Phi) is 5.77. The zero-order chi connectivity index (χ0) is 23.9. The van der Waals surface area contributed by atoms with E-state index in [1.54, 1.807) is 22.6 Å². The molecule has 1 aromatic carbocycles. The average Bonchev–Trinajstić information content (AvgIpc) is 3.48. The van der Waals surface area contributed by atoms with E-state index in [0.717, 1.165) is 70.5 Å². The van der Waals surface area contributed by atoms with E-state index in [1.807, 2.05) is 32.4 Å². The summed E-state index contributed by atoms with van der Waals surface area (Å²) >= 11 is 1.67. The molecule has 4 heterocycles. The predicted octanol–water partition coefficient (Wildman–Crippen LogP) is 4.06. The second-order valence-corrected chi connectivity index (χ2v) is 10.5. The molecule has 3 aromatic heterocycles. The maximum absolute atomic E-state index is 12.6. The number of thiophene rings is 1. The molecular formula is C25H28N6O3S. The summed E-state index contributed by atoms with van der Waals surface area (Å²) in [6.45, 7) is 1.43. The Balaban J connectivity index is 1.36. The first-order valence-corrected chi connectivity index (χ1v) is 12.8. The highest BCUT2D eigenvalue weighted by atomic mass is 32.1. The van der Waals surface area contributed by atoms with E-state index in [2.05, 4.69) is 25.5 Å². The number of ether oxygens (including phenoxy) is 2. The number of anilines is 2. The summed E-state index contributed by atoms with van der Waals surface area (Å²) in [4.78, 5) is 25.6. The van der Waals surface area contributed by atoms with Crippen LogP contribution >= 0.6 is 11.3 Å². The van der Waals surface area contributed by atoms with Crippen molar-refractivity contribution in [2.75, 3.05) is 32.6 Å². The second-order valence-electron chi connectivity index (χ2n) is 9.44. The number of hydrogen-bond acceptors (Lipinski definition) is 8. The number of carbonyl (C=O) groups excluding carboxylic acids is 1. The molecule has 1 aliphatic carbocycles. The number of carbonyl (C=O) groups is 1. The maximum atomic E-state index is 12.6. The molecule has 35 heavy (non-hydrogen) atoms. The van der Waals surface area contributed by atoms with Gasteiger partial charge in [-0.15, -0.1) is 11.3 Å². The summed E-state index contributed by atoms with van der Waals surface area (Å²) in [6, 6.07) is 4.05. The van der Waals surface area contributed by atoms with Crippen molar-refractivity contribution in [1.82, 2.24) is 25.1 Å². The highest BCUT2D eigenvalue weighted by Crippen LogP contribution is 2.42. The topological polar surface area (TPSA) is 105 Å². The van der Waals surface area contributed by atoms with Crippen molar-refractivity contribution in [1.29, 1.82) is 0 Å². The first-order chi connectivity index (χ1) is 17.1. The van der Waals surface area contributed by atoms with Gasteiger partial charge in [0, 0.05) is 49.2 Å². The van der Waals surface area contributed by atoms with Crippen LogP contribution in [-0.4, -0.2) is 64.4 Å². The van der Waals surface area contributed by atoms with E-state index in [0.29, 0.717) is 13.2 Å². The normalized spacial score (nSPS) is 18.5. The lowest BCUT2D eigenvalue weighted by Gasteiger charge is -2.25. The number of nitrogens with one attached hydrogen (secondary N) is 2. The molecule has 10 heteroatoms. The van der Waals surface area contributed by atoms with Crippen LogP contribution in [0.2, 0.25) is 0 Å². The van der Waals surface area contributed by atoms with E-state index in [4.69, 9.17) is 9.47 Å². The van der Waals surface area contributed by atoms with Gasteiger partial charge in [0.15, 0.2) is 0 Å². The van der Waals surface area contributed by atoms with Gasteiger partial charge in [0.05, 0.1) is 36.0 Å². The molecule has 0 bridgehead atoms. The number of aryl methyl sites for hydroxylation is 1. The first kappa shape index (κ1) is 22.2. The largest absolute Gasteiger partial charge is 0.488 e. The van der Waals surface area contributed by atoms with Gasteiger partial charge in [-0.2, -0.15) is 5.10 Å². The van der Waals surface area contributed by atoms with Crippen molar-refractivity contribution in [3.05, 3.63) is 35.1 Å². The second kappa shape index (κ2) is 9.09. The van der Waals surface area contributed by atoms with Crippen LogP contribution in [0.15, 0.2) is 24.7 Å². The number of nitrogens with zero attached hydrogens (tertiary/aromatic N) is 4. The van der Waals surface area contributed by atoms with E-state index in [-0.39, 0.29) is 17.9 Å². The Morgan fingerprint density at radius 2 is 2.09 bits per heavy atom. The Morgan fingerprint density at radius 3 is 2.91 bits per heavy atom. The van der Waals surface area contributed by atoms with E-state index >= 15 is 0 Å². The minimum absolute atomic E-state index is 0.0258. The number of rotatable bonds is 5. The van der Waals surface area contributed by atoms with Gasteiger partial charge >= 0.3 is 0 Å². The minimum Gasteiger partial charge on any atom is -0.488 e.